The molecule has 9 heteroatoms. The van der Waals surface area contributed by atoms with Crippen LogP contribution in [-0.2, 0) is 14.8 Å². The third-order valence-corrected chi connectivity index (χ3v) is 6.77. The summed E-state index contributed by atoms with van der Waals surface area (Å²) in [5.41, 5.74) is 0.466. The minimum atomic E-state index is -3.84. The summed E-state index contributed by atoms with van der Waals surface area (Å²) in [6.45, 7) is 5.24. The molecule has 0 radical (unpaired) electrons. The van der Waals surface area contributed by atoms with Gasteiger partial charge in [-0.1, -0.05) is 26.0 Å². The van der Waals surface area contributed by atoms with Gasteiger partial charge in [-0.05, 0) is 36.5 Å². The van der Waals surface area contributed by atoms with Gasteiger partial charge in [0.25, 0.3) is 0 Å². The molecule has 1 aromatic carbocycles. The van der Waals surface area contributed by atoms with Gasteiger partial charge in [0, 0.05) is 32.5 Å². The lowest BCUT2D eigenvalue weighted by Crippen LogP contribution is -2.37. The molecule has 1 aliphatic heterocycles. The van der Waals surface area contributed by atoms with Crippen molar-refractivity contribution in [1.29, 1.82) is 0 Å². The molecule has 0 amide bonds. The monoisotopic (exact) mass is 425 g/mol. The first-order chi connectivity index (χ1) is 13.8. The molecule has 0 spiro atoms. The zero-order valence-corrected chi connectivity index (χ0v) is 17.6. The molecule has 0 aliphatic carbocycles. The van der Waals surface area contributed by atoms with Crippen molar-refractivity contribution in [2.24, 2.45) is 5.92 Å². The van der Waals surface area contributed by atoms with Gasteiger partial charge in [0.2, 0.25) is 10.0 Å². The Morgan fingerprint density at radius 2 is 1.90 bits per heavy atom. The molecule has 1 saturated heterocycles. The number of benzene rings is 1. The van der Waals surface area contributed by atoms with Crippen molar-refractivity contribution < 1.29 is 22.7 Å². The molecule has 0 bridgehead atoms. The van der Waals surface area contributed by atoms with E-state index in [1.807, 2.05) is 13.8 Å². The van der Waals surface area contributed by atoms with Gasteiger partial charge in [0.15, 0.2) is 0 Å². The first-order valence-corrected chi connectivity index (χ1v) is 11.3. The van der Waals surface area contributed by atoms with Crippen molar-refractivity contribution in [2.75, 3.05) is 26.3 Å². The van der Waals surface area contributed by atoms with E-state index in [2.05, 4.69) is 5.10 Å². The van der Waals surface area contributed by atoms with Crippen molar-refractivity contribution in [2.45, 2.75) is 43.7 Å². The van der Waals surface area contributed by atoms with E-state index in [1.165, 1.54) is 34.8 Å². The zero-order valence-electron chi connectivity index (χ0n) is 16.7. The van der Waals surface area contributed by atoms with Crippen LogP contribution in [0, 0.1) is 11.7 Å². The van der Waals surface area contributed by atoms with Gasteiger partial charge in [-0.15, -0.1) is 0 Å². The van der Waals surface area contributed by atoms with Crippen LogP contribution >= 0.6 is 0 Å². The molecule has 3 rings (SSSR count). The molecule has 2 heterocycles. The van der Waals surface area contributed by atoms with Crippen molar-refractivity contribution in [3.05, 3.63) is 48.0 Å². The highest BCUT2D eigenvalue weighted by molar-refractivity contribution is 7.89. The average molecular weight is 426 g/mol. The summed E-state index contributed by atoms with van der Waals surface area (Å²) in [6, 6.07) is 5.54. The summed E-state index contributed by atoms with van der Waals surface area (Å²) in [7, 11) is -3.84. The van der Waals surface area contributed by atoms with Crippen molar-refractivity contribution >= 4 is 10.0 Å². The first kappa shape index (κ1) is 21.9. The van der Waals surface area contributed by atoms with Gasteiger partial charge in [-0.25, -0.2) is 12.8 Å². The second kappa shape index (κ2) is 9.34. The van der Waals surface area contributed by atoms with Crippen LogP contribution < -0.4 is 0 Å². The molecule has 1 atom stereocenters. The van der Waals surface area contributed by atoms with Crippen LogP contribution in [0.1, 0.15) is 44.4 Å². The Morgan fingerprint density at radius 1 is 1.24 bits per heavy atom. The number of nitrogens with zero attached hydrogens (tertiary/aromatic N) is 3. The predicted octanol–water partition coefficient (Wildman–Crippen LogP) is 2.75. The first-order valence-electron chi connectivity index (χ1n) is 9.83. The molecule has 29 heavy (non-hydrogen) atoms. The van der Waals surface area contributed by atoms with E-state index in [1.54, 1.807) is 10.9 Å². The third-order valence-electron chi connectivity index (χ3n) is 4.98. The highest BCUT2D eigenvalue weighted by atomic mass is 32.2. The van der Waals surface area contributed by atoms with Gasteiger partial charge in [-0.3, -0.25) is 4.68 Å². The Hall–Kier alpha value is -1.81. The fraction of sp³-hybridized carbons (Fsp3) is 0.550. The Bertz CT molecular complexity index is 893. The summed E-state index contributed by atoms with van der Waals surface area (Å²) >= 11 is 0. The van der Waals surface area contributed by atoms with E-state index in [-0.39, 0.29) is 29.9 Å². The van der Waals surface area contributed by atoms with Gasteiger partial charge < -0.3 is 9.84 Å². The molecular weight excluding hydrogens is 397 g/mol. The molecule has 160 valence electrons. The molecule has 0 saturated carbocycles. The van der Waals surface area contributed by atoms with Gasteiger partial charge in [0.1, 0.15) is 10.7 Å². The molecule has 1 aliphatic rings. The fourth-order valence-corrected chi connectivity index (χ4v) is 4.97. The second-order valence-electron chi connectivity index (χ2n) is 7.78. The normalized spacial score (nSPS) is 17.2. The summed E-state index contributed by atoms with van der Waals surface area (Å²) < 4.78 is 48.0. The lowest BCUT2D eigenvalue weighted by atomic mass is 10.1. The number of ether oxygens (including phenoxy) is 1. The highest BCUT2D eigenvalue weighted by Crippen LogP contribution is 2.25. The number of halogens is 1. The lowest BCUT2D eigenvalue weighted by Gasteiger charge is -2.26. The van der Waals surface area contributed by atoms with Gasteiger partial charge >= 0.3 is 0 Å². The van der Waals surface area contributed by atoms with Gasteiger partial charge in [-0.2, -0.15) is 9.40 Å². The molecule has 1 N–H and O–H groups in total. The van der Waals surface area contributed by atoms with E-state index in [9.17, 15) is 17.9 Å². The molecule has 7 nitrogen and oxygen atoms in total. The van der Waals surface area contributed by atoms with E-state index in [4.69, 9.17) is 4.74 Å². The van der Waals surface area contributed by atoms with Crippen molar-refractivity contribution in [3.8, 4) is 0 Å². The smallest absolute Gasteiger partial charge is 0.246 e. The summed E-state index contributed by atoms with van der Waals surface area (Å²) in [4.78, 5) is 0.107. The number of sulfonamides is 1. The van der Waals surface area contributed by atoms with E-state index in [0.717, 1.165) is 12.8 Å². The Labute approximate surface area is 171 Å². The minimum Gasteiger partial charge on any atom is -0.387 e. The maximum atomic E-state index is 13.3. The Balaban J connectivity index is 1.81. The topological polar surface area (TPSA) is 84.7 Å². The van der Waals surface area contributed by atoms with Crippen molar-refractivity contribution in [3.63, 3.8) is 0 Å². The van der Waals surface area contributed by atoms with Crippen molar-refractivity contribution in [1.82, 2.24) is 14.1 Å². The van der Waals surface area contributed by atoms with Crippen LogP contribution in [0.3, 0.4) is 0 Å². The van der Waals surface area contributed by atoms with Crippen LogP contribution in [0.2, 0.25) is 0 Å². The lowest BCUT2D eigenvalue weighted by molar-refractivity contribution is 0.0662. The second-order valence-corrected chi connectivity index (χ2v) is 9.72. The Morgan fingerprint density at radius 3 is 2.52 bits per heavy atom. The third kappa shape index (κ3) is 5.42. The molecule has 1 aromatic heterocycles. The van der Waals surface area contributed by atoms with Crippen LogP contribution in [-0.4, -0.2) is 53.9 Å². The maximum absolute atomic E-state index is 13.3. The van der Waals surface area contributed by atoms with E-state index < -0.39 is 21.9 Å². The minimum absolute atomic E-state index is 0.0655. The predicted molar refractivity (Wildman–Crippen MR) is 106 cm³/mol. The summed E-state index contributed by atoms with van der Waals surface area (Å²) in [6.07, 6.45) is 3.45. The SMILES string of the molecule is CC(C)CN(CC(O)c1ccc(F)cc1)S(=O)(=O)c1cnn(C2CCOCC2)c1. The number of aliphatic hydroxyl groups excluding tert-OH is 1. The summed E-state index contributed by atoms with van der Waals surface area (Å²) in [5.74, 6) is -0.344. The van der Waals surface area contributed by atoms with Crippen LogP contribution in [0.25, 0.3) is 0 Å². The Kier molecular flexibility index (Phi) is 7.05. The average Bonchev–Trinajstić information content (AvgIpc) is 3.19. The standard InChI is InChI=1S/C20H28FN3O4S/c1-15(2)12-23(14-20(25)16-3-5-17(21)6-4-16)29(26,27)19-11-22-24(13-19)18-7-9-28-10-8-18/h3-6,11,13,15,18,20,25H,7-10,12,14H2,1-2H3. The zero-order chi connectivity index (χ0) is 21.0. The number of hydrogen-bond acceptors (Lipinski definition) is 5. The quantitative estimate of drug-likeness (QED) is 0.703. The van der Waals surface area contributed by atoms with E-state index >= 15 is 0 Å². The maximum Gasteiger partial charge on any atom is 0.246 e. The molecular formula is C20H28FN3O4S. The number of aromatic nitrogens is 2. The molecule has 1 unspecified atom stereocenters. The van der Waals surface area contributed by atoms with Crippen LogP contribution in [0.5, 0.6) is 0 Å². The van der Waals surface area contributed by atoms with E-state index in [0.29, 0.717) is 18.8 Å². The van der Waals surface area contributed by atoms with Crippen LogP contribution in [0.4, 0.5) is 4.39 Å². The highest BCUT2D eigenvalue weighted by Gasteiger charge is 2.30. The fourth-order valence-electron chi connectivity index (χ4n) is 3.41. The summed E-state index contributed by atoms with van der Waals surface area (Å²) in [5, 5.41) is 14.8. The number of rotatable bonds is 8. The number of aliphatic hydroxyl groups is 1. The molecule has 1 fully saturated rings. The van der Waals surface area contributed by atoms with Crippen LogP contribution in [0.15, 0.2) is 41.6 Å². The van der Waals surface area contributed by atoms with Gasteiger partial charge in [0.05, 0.1) is 18.3 Å². The largest absolute Gasteiger partial charge is 0.387 e. The number of hydrogen-bond donors (Lipinski definition) is 1. The molecule has 2 aromatic rings.